The Morgan fingerprint density at radius 1 is 1.21 bits per heavy atom. The Bertz CT molecular complexity index is 599. The van der Waals surface area contributed by atoms with Gasteiger partial charge in [-0.3, -0.25) is 4.79 Å². The number of hydrogen-bond donors (Lipinski definition) is 2. The summed E-state index contributed by atoms with van der Waals surface area (Å²) in [6.45, 7) is 0. The highest BCUT2D eigenvalue weighted by Crippen LogP contribution is 2.20. The van der Waals surface area contributed by atoms with Crippen LogP contribution in [0.15, 0.2) is 47.4 Å². The average Bonchev–Trinajstić information content (AvgIpc) is 2.42. The molecule has 0 spiro atoms. The van der Waals surface area contributed by atoms with E-state index in [1.54, 1.807) is 23.9 Å². The fraction of sp³-hybridized carbons (Fsp3) is 0.0714. The standard InChI is InChI=1S/C14H13FN2OS/c1-19-10-7-5-9(6-8-10)17-14(18)11-3-2-4-12(15)13(11)16/h2-8H,16H2,1H3,(H,17,18). The number of nitrogens with two attached hydrogens (primary N) is 1. The number of carbonyl (C=O) groups excluding carboxylic acids is 1. The Morgan fingerprint density at radius 3 is 2.53 bits per heavy atom. The highest BCUT2D eigenvalue weighted by atomic mass is 32.2. The van der Waals surface area contributed by atoms with Crippen LogP contribution in [-0.2, 0) is 0 Å². The van der Waals surface area contributed by atoms with Crippen molar-refractivity contribution in [3.05, 3.63) is 53.8 Å². The Morgan fingerprint density at radius 2 is 1.89 bits per heavy atom. The van der Waals surface area contributed by atoms with Gasteiger partial charge in [-0.05, 0) is 42.7 Å². The number of carbonyl (C=O) groups is 1. The summed E-state index contributed by atoms with van der Waals surface area (Å²) in [5.74, 6) is -1.01. The summed E-state index contributed by atoms with van der Waals surface area (Å²) < 4.78 is 13.3. The summed E-state index contributed by atoms with van der Waals surface area (Å²) in [7, 11) is 0. The van der Waals surface area contributed by atoms with E-state index in [4.69, 9.17) is 5.73 Å². The van der Waals surface area contributed by atoms with Crippen molar-refractivity contribution in [2.24, 2.45) is 0 Å². The van der Waals surface area contributed by atoms with Crippen LogP contribution < -0.4 is 11.1 Å². The minimum Gasteiger partial charge on any atom is -0.396 e. The van der Waals surface area contributed by atoms with Gasteiger partial charge in [0.25, 0.3) is 5.91 Å². The SMILES string of the molecule is CSc1ccc(NC(=O)c2cccc(F)c2N)cc1. The monoisotopic (exact) mass is 276 g/mol. The summed E-state index contributed by atoms with van der Waals surface area (Å²) in [6, 6.07) is 11.5. The maximum absolute atomic E-state index is 13.3. The van der Waals surface area contributed by atoms with Gasteiger partial charge in [-0.2, -0.15) is 0 Å². The zero-order valence-electron chi connectivity index (χ0n) is 10.3. The number of halogens is 1. The molecular formula is C14H13FN2OS. The van der Waals surface area contributed by atoms with Gasteiger partial charge in [0.2, 0.25) is 0 Å². The van der Waals surface area contributed by atoms with Crippen LogP contribution in [0.3, 0.4) is 0 Å². The molecule has 3 N–H and O–H groups in total. The average molecular weight is 276 g/mol. The maximum Gasteiger partial charge on any atom is 0.257 e. The van der Waals surface area contributed by atoms with Crippen molar-refractivity contribution in [1.82, 2.24) is 0 Å². The third kappa shape index (κ3) is 3.06. The molecule has 0 fully saturated rings. The largest absolute Gasteiger partial charge is 0.396 e. The topological polar surface area (TPSA) is 55.1 Å². The van der Waals surface area contributed by atoms with Crippen LogP contribution in [0.5, 0.6) is 0 Å². The van der Waals surface area contributed by atoms with E-state index in [0.29, 0.717) is 5.69 Å². The van der Waals surface area contributed by atoms with Crippen LogP contribution in [0.2, 0.25) is 0 Å². The van der Waals surface area contributed by atoms with E-state index >= 15 is 0 Å². The predicted molar refractivity (Wildman–Crippen MR) is 77.0 cm³/mol. The maximum atomic E-state index is 13.3. The second kappa shape index (κ2) is 5.75. The normalized spacial score (nSPS) is 10.2. The smallest absolute Gasteiger partial charge is 0.257 e. The number of para-hydroxylation sites is 1. The van der Waals surface area contributed by atoms with Crippen molar-refractivity contribution in [3.8, 4) is 0 Å². The first kappa shape index (κ1) is 13.4. The van der Waals surface area contributed by atoms with E-state index in [2.05, 4.69) is 5.32 Å². The van der Waals surface area contributed by atoms with Crippen LogP contribution >= 0.6 is 11.8 Å². The number of benzene rings is 2. The molecule has 0 saturated heterocycles. The molecule has 19 heavy (non-hydrogen) atoms. The van der Waals surface area contributed by atoms with E-state index in [1.807, 2.05) is 18.4 Å². The van der Waals surface area contributed by atoms with E-state index in [9.17, 15) is 9.18 Å². The summed E-state index contributed by atoms with van der Waals surface area (Å²) in [6.07, 6.45) is 1.97. The fourth-order valence-electron chi connectivity index (χ4n) is 1.61. The summed E-state index contributed by atoms with van der Waals surface area (Å²) >= 11 is 1.61. The second-order valence-electron chi connectivity index (χ2n) is 3.88. The Kier molecular flexibility index (Phi) is 4.06. The molecule has 2 rings (SSSR count). The molecule has 2 aromatic rings. The molecule has 0 atom stereocenters. The molecule has 0 saturated carbocycles. The molecule has 0 aromatic heterocycles. The van der Waals surface area contributed by atoms with Crippen molar-refractivity contribution in [2.45, 2.75) is 4.90 Å². The van der Waals surface area contributed by atoms with Crippen molar-refractivity contribution < 1.29 is 9.18 Å². The van der Waals surface area contributed by atoms with Gasteiger partial charge in [-0.25, -0.2) is 4.39 Å². The van der Waals surface area contributed by atoms with Gasteiger partial charge in [-0.1, -0.05) is 6.07 Å². The molecule has 0 heterocycles. The minimum absolute atomic E-state index is 0.133. The summed E-state index contributed by atoms with van der Waals surface area (Å²) in [5, 5.41) is 2.68. The molecule has 0 aliphatic heterocycles. The number of nitrogen functional groups attached to an aromatic ring is 1. The molecule has 1 amide bonds. The highest BCUT2D eigenvalue weighted by Gasteiger charge is 2.12. The highest BCUT2D eigenvalue weighted by molar-refractivity contribution is 7.98. The van der Waals surface area contributed by atoms with Gasteiger partial charge >= 0.3 is 0 Å². The van der Waals surface area contributed by atoms with Crippen LogP contribution in [0, 0.1) is 5.82 Å². The van der Waals surface area contributed by atoms with Crippen molar-refractivity contribution in [1.29, 1.82) is 0 Å². The van der Waals surface area contributed by atoms with Crippen LogP contribution in [0.1, 0.15) is 10.4 Å². The first-order valence-electron chi connectivity index (χ1n) is 5.61. The number of thioether (sulfide) groups is 1. The molecule has 0 radical (unpaired) electrons. The Labute approximate surface area is 115 Å². The number of nitrogens with one attached hydrogen (secondary N) is 1. The second-order valence-corrected chi connectivity index (χ2v) is 4.76. The lowest BCUT2D eigenvalue weighted by Gasteiger charge is -2.08. The molecule has 0 aliphatic rings. The van der Waals surface area contributed by atoms with E-state index < -0.39 is 11.7 Å². The first-order valence-corrected chi connectivity index (χ1v) is 6.83. The quantitative estimate of drug-likeness (QED) is 0.667. The number of hydrogen-bond acceptors (Lipinski definition) is 3. The fourth-order valence-corrected chi connectivity index (χ4v) is 2.02. The molecule has 98 valence electrons. The van der Waals surface area contributed by atoms with Crippen LogP contribution in [0.4, 0.5) is 15.8 Å². The van der Waals surface area contributed by atoms with Gasteiger partial charge in [0.15, 0.2) is 0 Å². The lowest BCUT2D eigenvalue weighted by Crippen LogP contribution is -2.14. The molecule has 0 unspecified atom stereocenters. The van der Waals surface area contributed by atoms with Gasteiger partial charge in [0, 0.05) is 10.6 Å². The van der Waals surface area contributed by atoms with Crippen molar-refractivity contribution in [2.75, 3.05) is 17.3 Å². The van der Waals surface area contributed by atoms with Crippen LogP contribution in [-0.4, -0.2) is 12.2 Å². The van der Waals surface area contributed by atoms with Crippen molar-refractivity contribution in [3.63, 3.8) is 0 Å². The molecule has 5 heteroatoms. The predicted octanol–water partition coefficient (Wildman–Crippen LogP) is 3.38. The number of anilines is 2. The van der Waals surface area contributed by atoms with Crippen molar-refractivity contribution >= 4 is 29.0 Å². The molecule has 3 nitrogen and oxygen atoms in total. The third-order valence-electron chi connectivity index (χ3n) is 2.65. The molecule has 0 aliphatic carbocycles. The van der Waals surface area contributed by atoms with E-state index in [0.717, 1.165) is 4.90 Å². The zero-order valence-corrected chi connectivity index (χ0v) is 11.1. The van der Waals surface area contributed by atoms with Gasteiger partial charge < -0.3 is 11.1 Å². The Hall–Kier alpha value is -2.01. The molecule has 0 bridgehead atoms. The van der Waals surface area contributed by atoms with Crippen LogP contribution in [0.25, 0.3) is 0 Å². The minimum atomic E-state index is -0.592. The van der Waals surface area contributed by atoms with Gasteiger partial charge in [0.05, 0.1) is 11.3 Å². The molecular weight excluding hydrogens is 263 g/mol. The Balaban J connectivity index is 2.18. The molecule has 2 aromatic carbocycles. The van der Waals surface area contributed by atoms with E-state index in [1.165, 1.54) is 18.2 Å². The third-order valence-corrected chi connectivity index (χ3v) is 3.39. The number of rotatable bonds is 3. The zero-order chi connectivity index (χ0) is 13.8. The summed E-state index contributed by atoms with van der Waals surface area (Å²) in [4.78, 5) is 13.1. The van der Waals surface area contributed by atoms with Gasteiger partial charge in [-0.15, -0.1) is 11.8 Å². The first-order chi connectivity index (χ1) is 9.11. The lowest BCUT2D eigenvalue weighted by molar-refractivity contribution is 0.102. The number of amides is 1. The lowest BCUT2D eigenvalue weighted by atomic mass is 10.1. The van der Waals surface area contributed by atoms with Gasteiger partial charge in [0.1, 0.15) is 5.82 Å². The van der Waals surface area contributed by atoms with E-state index in [-0.39, 0.29) is 11.3 Å². The summed E-state index contributed by atoms with van der Waals surface area (Å²) in [5.41, 5.74) is 6.18.